The van der Waals surface area contributed by atoms with Crippen molar-refractivity contribution in [2.24, 2.45) is 5.84 Å². The maximum atomic E-state index is 12.0. The van der Waals surface area contributed by atoms with Crippen molar-refractivity contribution in [1.82, 2.24) is 14.9 Å². The Hall–Kier alpha value is -1.34. The molecule has 7 heteroatoms. The first-order valence-corrected chi connectivity index (χ1v) is 7.40. The first-order valence-electron chi connectivity index (χ1n) is 6.42. The van der Waals surface area contributed by atoms with Crippen LogP contribution in [0.4, 0.5) is 5.82 Å². The third-order valence-electron chi connectivity index (χ3n) is 3.01. The van der Waals surface area contributed by atoms with E-state index in [0.29, 0.717) is 17.4 Å². The molecule has 2 heterocycles. The SMILES string of the molecule is Cc1nc(NN)cc(SCC(=O)N2CCCCC2)n1. The Bertz CT molecular complexity index is 448. The standard InChI is InChI=1S/C12H19N5OS/c1-9-14-10(16-13)7-11(15-9)19-8-12(18)17-5-3-2-4-6-17/h7H,2-6,8,13H2,1H3,(H,14,15,16). The number of aromatic nitrogens is 2. The normalized spacial score (nSPS) is 15.4. The van der Waals surface area contributed by atoms with Crippen LogP contribution in [0.15, 0.2) is 11.1 Å². The average Bonchev–Trinajstić information content (AvgIpc) is 2.45. The molecule has 6 nitrogen and oxygen atoms in total. The van der Waals surface area contributed by atoms with Crippen LogP contribution in [0, 0.1) is 6.92 Å². The summed E-state index contributed by atoms with van der Waals surface area (Å²) >= 11 is 1.43. The Morgan fingerprint density at radius 1 is 1.42 bits per heavy atom. The minimum atomic E-state index is 0.184. The molecule has 3 N–H and O–H groups in total. The van der Waals surface area contributed by atoms with E-state index in [1.54, 1.807) is 13.0 Å². The minimum absolute atomic E-state index is 0.184. The number of nitrogen functional groups attached to an aromatic ring is 1. The predicted molar refractivity (Wildman–Crippen MR) is 75.7 cm³/mol. The monoisotopic (exact) mass is 281 g/mol. The van der Waals surface area contributed by atoms with E-state index in [2.05, 4.69) is 15.4 Å². The number of rotatable bonds is 4. The molecule has 0 aliphatic carbocycles. The van der Waals surface area contributed by atoms with E-state index in [9.17, 15) is 4.79 Å². The molecule has 0 atom stereocenters. The smallest absolute Gasteiger partial charge is 0.232 e. The van der Waals surface area contributed by atoms with E-state index < -0.39 is 0 Å². The summed E-state index contributed by atoms with van der Waals surface area (Å²) < 4.78 is 0. The number of carbonyl (C=O) groups is 1. The number of thioether (sulfide) groups is 1. The zero-order valence-corrected chi connectivity index (χ0v) is 11.9. The van der Waals surface area contributed by atoms with Gasteiger partial charge in [0.25, 0.3) is 0 Å². The number of carbonyl (C=O) groups excluding carboxylic acids is 1. The number of aryl methyl sites for hydroxylation is 1. The van der Waals surface area contributed by atoms with Crippen molar-refractivity contribution in [3.63, 3.8) is 0 Å². The van der Waals surface area contributed by atoms with Crippen LogP contribution < -0.4 is 11.3 Å². The summed E-state index contributed by atoms with van der Waals surface area (Å²) in [6, 6.07) is 1.75. The summed E-state index contributed by atoms with van der Waals surface area (Å²) in [5, 5.41) is 0.769. The number of hydrogen-bond acceptors (Lipinski definition) is 6. The third-order valence-corrected chi connectivity index (χ3v) is 3.91. The molecule has 104 valence electrons. The van der Waals surface area contributed by atoms with Gasteiger partial charge in [0.15, 0.2) is 0 Å². The molecule has 1 fully saturated rings. The fourth-order valence-corrected chi connectivity index (χ4v) is 2.90. The second kappa shape index (κ2) is 6.72. The van der Waals surface area contributed by atoms with Gasteiger partial charge in [0, 0.05) is 19.2 Å². The summed E-state index contributed by atoms with van der Waals surface area (Å²) in [5.41, 5.74) is 2.50. The lowest BCUT2D eigenvalue weighted by molar-refractivity contribution is -0.129. The van der Waals surface area contributed by atoms with E-state index in [1.165, 1.54) is 18.2 Å². The largest absolute Gasteiger partial charge is 0.342 e. The van der Waals surface area contributed by atoms with Crippen LogP contribution in [-0.2, 0) is 4.79 Å². The molecular weight excluding hydrogens is 262 g/mol. The summed E-state index contributed by atoms with van der Waals surface area (Å²) in [7, 11) is 0. The molecule has 1 saturated heterocycles. The zero-order chi connectivity index (χ0) is 13.7. The number of nitrogens with two attached hydrogens (primary N) is 1. The number of piperidine rings is 1. The molecule has 0 aromatic carbocycles. The molecular formula is C12H19N5OS. The second-order valence-corrected chi connectivity index (χ2v) is 5.51. The number of nitrogens with zero attached hydrogens (tertiary/aromatic N) is 3. The van der Waals surface area contributed by atoms with E-state index in [-0.39, 0.29) is 5.91 Å². The predicted octanol–water partition coefficient (Wildman–Crippen LogP) is 1.18. The van der Waals surface area contributed by atoms with Crippen molar-refractivity contribution >= 4 is 23.5 Å². The number of likely N-dealkylation sites (tertiary alicyclic amines) is 1. The van der Waals surface area contributed by atoms with Crippen LogP contribution >= 0.6 is 11.8 Å². The van der Waals surface area contributed by atoms with Crippen molar-refractivity contribution in [3.05, 3.63) is 11.9 Å². The molecule has 1 aromatic heterocycles. The molecule has 0 spiro atoms. The molecule has 1 aromatic rings. The van der Waals surface area contributed by atoms with Crippen LogP contribution in [0.2, 0.25) is 0 Å². The van der Waals surface area contributed by atoms with E-state index in [1.807, 2.05) is 4.90 Å². The topological polar surface area (TPSA) is 84.1 Å². The summed E-state index contributed by atoms with van der Waals surface area (Å²) in [6.07, 6.45) is 3.46. The first-order chi connectivity index (χ1) is 9.19. The highest BCUT2D eigenvalue weighted by atomic mass is 32.2. The van der Waals surface area contributed by atoms with Crippen LogP contribution in [-0.4, -0.2) is 39.6 Å². The van der Waals surface area contributed by atoms with E-state index >= 15 is 0 Å². The number of hydrogen-bond donors (Lipinski definition) is 2. The van der Waals surface area contributed by atoms with Crippen LogP contribution in [0.5, 0.6) is 0 Å². The van der Waals surface area contributed by atoms with E-state index in [0.717, 1.165) is 31.0 Å². The molecule has 1 aliphatic heterocycles. The zero-order valence-electron chi connectivity index (χ0n) is 11.1. The van der Waals surface area contributed by atoms with Crippen molar-refractivity contribution in [2.75, 3.05) is 24.3 Å². The van der Waals surface area contributed by atoms with Crippen molar-refractivity contribution in [1.29, 1.82) is 0 Å². The minimum Gasteiger partial charge on any atom is -0.342 e. The highest BCUT2D eigenvalue weighted by molar-refractivity contribution is 7.99. The molecule has 0 saturated carbocycles. The second-order valence-electron chi connectivity index (χ2n) is 4.51. The van der Waals surface area contributed by atoms with Gasteiger partial charge in [0.1, 0.15) is 16.7 Å². The maximum absolute atomic E-state index is 12.0. The Balaban J connectivity index is 1.90. The van der Waals surface area contributed by atoms with Crippen LogP contribution in [0.25, 0.3) is 0 Å². The Labute approximate surface area is 117 Å². The lowest BCUT2D eigenvalue weighted by atomic mass is 10.1. The first kappa shape index (κ1) is 14.1. The Morgan fingerprint density at radius 2 is 2.16 bits per heavy atom. The van der Waals surface area contributed by atoms with Crippen LogP contribution in [0.3, 0.4) is 0 Å². The van der Waals surface area contributed by atoms with E-state index in [4.69, 9.17) is 5.84 Å². The van der Waals surface area contributed by atoms with Gasteiger partial charge in [-0.05, 0) is 26.2 Å². The van der Waals surface area contributed by atoms with Crippen molar-refractivity contribution in [3.8, 4) is 0 Å². The molecule has 0 unspecified atom stereocenters. The number of hydrazine groups is 1. The van der Waals surface area contributed by atoms with Gasteiger partial charge < -0.3 is 10.3 Å². The van der Waals surface area contributed by atoms with Gasteiger partial charge in [0.05, 0.1) is 5.75 Å². The van der Waals surface area contributed by atoms with Gasteiger partial charge in [-0.3, -0.25) is 4.79 Å². The average molecular weight is 281 g/mol. The number of anilines is 1. The molecule has 1 aliphatic rings. The van der Waals surface area contributed by atoms with Crippen molar-refractivity contribution < 1.29 is 4.79 Å². The molecule has 0 bridgehead atoms. The fourth-order valence-electron chi connectivity index (χ4n) is 2.06. The molecule has 2 rings (SSSR count). The number of amides is 1. The van der Waals surface area contributed by atoms with Crippen LogP contribution in [0.1, 0.15) is 25.1 Å². The Morgan fingerprint density at radius 3 is 2.84 bits per heavy atom. The highest BCUT2D eigenvalue weighted by Gasteiger charge is 2.16. The maximum Gasteiger partial charge on any atom is 0.232 e. The molecule has 19 heavy (non-hydrogen) atoms. The summed E-state index contributed by atoms with van der Waals surface area (Å²) in [5.74, 6) is 7.15. The summed E-state index contributed by atoms with van der Waals surface area (Å²) in [4.78, 5) is 22.4. The lowest BCUT2D eigenvalue weighted by Crippen LogP contribution is -2.36. The summed E-state index contributed by atoms with van der Waals surface area (Å²) in [6.45, 7) is 3.58. The van der Waals surface area contributed by atoms with Gasteiger partial charge >= 0.3 is 0 Å². The highest BCUT2D eigenvalue weighted by Crippen LogP contribution is 2.19. The van der Waals surface area contributed by atoms with Gasteiger partial charge in [-0.2, -0.15) is 0 Å². The van der Waals surface area contributed by atoms with Gasteiger partial charge in [-0.15, -0.1) is 0 Å². The third kappa shape index (κ3) is 4.07. The number of nitrogens with one attached hydrogen (secondary N) is 1. The Kier molecular flexibility index (Phi) is 4.98. The van der Waals surface area contributed by atoms with Gasteiger partial charge in [0.2, 0.25) is 5.91 Å². The lowest BCUT2D eigenvalue weighted by Gasteiger charge is -2.26. The molecule has 0 radical (unpaired) electrons. The van der Waals surface area contributed by atoms with Gasteiger partial charge in [-0.25, -0.2) is 15.8 Å². The quantitative estimate of drug-likeness (QED) is 0.373. The van der Waals surface area contributed by atoms with Gasteiger partial charge in [-0.1, -0.05) is 11.8 Å². The van der Waals surface area contributed by atoms with Crippen molar-refractivity contribution in [2.45, 2.75) is 31.2 Å². The molecule has 1 amide bonds. The fraction of sp³-hybridized carbons (Fsp3) is 0.583.